The van der Waals surface area contributed by atoms with Crippen LogP contribution in [0.1, 0.15) is 39.7 Å². The highest BCUT2D eigenvalue weighted by Gasteiger charge is 2.14. The Bertz CT molecular complexity index is 629. The first-order valence-corrected chi connectivity index (χ1v) is 10.5. The maximum Gasteiger partial charge on any atom is 0.190 e. The van der Waals surface area contributed by atoms with Crippen molar-refractivity contribution in [2.75, 3.05) is 20.1 Å². The van der Waals surface area contributed by atoms with Crippen molar-refractivity contribution in [2.45, 2.75) is 44.9 Å². The largest absolute Gasteiger partial charge is 0.356 e. The fourth-order valence-corrected chi connectivity index (χ4v) is 4.85. The van der Waals surface area contributed by atoms with E-state index < -0.39 is 0 Å². The van der Waals surface area contributed by atoms with E-state index in [0.717, 1.165) is 38.3 Å². The van der Waals surface area contributed by atoms with Crippen molar-refractivity contribution in [1.29, 1.82) is 0 Å². The zero-order valence-corrected chi connectivity index (χ0v) is 18.7. The number of aliphatic imine (C=N–C) groups is 1. The Balaban J connectivity index is 0.00000225. The van der Waals surface area contributed by atoms with Crippen molar-refractivity contribution in [2.24, 2.45) is 4.99 Å². The van der Waals surface area contributed by atoms with Crippen LogP contribution in [0.5, 0.6) is 0 Å². The van der Waals surface area contributed by atoms with E-state index in [9.17, 15) is 0 Å². The highest BCUT2D eigenvalue weighted by molar-refractivity contribution is 14.0. The zero-order valence-electron chi connectivity index (χ0n) is 14.7. The fourth-order valence-electron chi connectivity index (χ4n) is 2.94. The number of hydrogen-bond acceptors (Lipinski definition) is 4. The lowest BCUT2D eigenvalue weighted by atomic mass is 10.0. The minimum atomic E-state index is 0. The number of fused-ring (bicyclic) bond motifs is 1. The second-order valence-corrected chi connectivity index (χ2v) is 8.24. The van der Waals surface area contributed by atoms with Crippen molar-refractivity contribution >= 4 is 52.6 Å². The molecule has 2 N–H and O–H groups in total. The molecule has 1 aliphatic rings. The van der Waals surface area contributed by atoms with Gasteiger partial charge in [-0.25, -0.2) is 4.98 Å². The molecule has 0 unspecified atom stereocenters. The van der Waals surface area contributed by atoms with E-state index in [4.69, 9.17) is 4.98 Å². The van der Waals surface area contributed by atoms with Crippen LogP contribution in [0.15, 0.2) is 22.5 Å². The molecule has 0 atom stereocenters. The highest BCUT2D eigenvalue weighted by atomic mass is 127. The summed E-state index contributed by atoms with van der Waals surface area (Å²) < 4.78 is 0. The molecule has 25 heavy (non-hydrogen) atoms. The van der Waals surface area contributed by atoms with Gasteiger partial charge in [-0.3, -0.25) is 4.99 Å². The average Bonchev–Trinajstić information content (AvgIpc) is 3.25. The predicted octanol–water partition coefficient (Wildman–Crippen LogP) is 4.04. The van der Waals surface area contributed by atoms with Gasteiger partial charge in [-0.15, -0.1) is 46.7 Å². The monoisotopic (exact) mass is 490 g/mol. The Morgan fingerprint density at radius 1 is 1.20 bits per heavy atom. The van der Waals surface area contributed by atoms with Crippen LogP contribution >= 0.6 is 46.7 Å². The number of aryl methyl sites for hydroxylation is 3. The molecule has 2 aromatic rings. The Kier molecular flexibility index (Phi) is 9.19. The Morgan fingerprint density at radius 2 is 2.04 bits per heavy atom. The van der Waals surface area contributed by atoms with E-state index in [-0.39, 0.29) is 24.0 Å². The van der Waals surface area contributed by atoms with Gasteiger partial charge in [0.1, 0.15) is 0 Å². The van der Waals surface area contributed by atoms with Crippen molar-refractivity contribution in [3.05, 3.63) is 38.0 Å². The Hall–Kier alpha value is -0.670. The van der Waals surface area contributed by atoms with Gasteiger partial charge in [-0.1, -0.05) is 6.07 Å². The number of nitrogens with one attached hydrogen (secondary N) is 2. The first kappa shape index (κ1) is 20.6. The normalized spacial score (nSPS) is 13.9. The van der Waals surface area contributed by atoms with E-state index in [1.165, 1.54) is 46.1 Å². The minimum Gasteiger partial charge on any atom is -0.356 e. The molecule has 0 bridgehead atoms. The Morgan fingerprint density at radius 3 is 2.80 bits per heavy atom. The Labute approximate surface area is 175 Å². The van der Waals surface area contributed by atoms with E-state index >= 15 is 0 Å². The van der Waals surface area contributed by atoms with Gasteiger partial charge in [0.2, 0.25) is 0 Å². The number of aromatic nitrogens is 1. The molecule has 0 saturated carbocycles. The highest BCUT2D eigenvalue weighted by Crippen LogP contribution is 2.27. The van der Waals surface area contributed by atoms with Gasteiger partial charge in [0, 0.05) is 36.3 Å². The molecule has 0 amide bonds. The maximum absolute atomic E-state index is 4.81. The van der Waals surface area contributed by atoms with Gasteiger partial charge in [0.05, 0.1) is 10.7 Å². The zero-order chi connectivity index (χ0) is 16.6. The van der Waals surface area contributed by atoms with Gasteiger partial charge < -0.3 is 10.6 Å². The first-order valence-electron chi connectivity index (χ1n) is 8.79. The molecule has 0 spiro atoms. The molecule has 0 fully saturated rings. The molecule has 138 valence electrons. The quantitative estimate of drug-likeness (QED) is 0.267. The van der Waals surface area contributed by atoms with Crippen LogP contribution in [0.3, 0.4) is 0 Å². The SMILES string of the molecule is CN=C(NCCCc1nc2c(s1)CCCC2)NCCc1cccs1.I. The van der Waals surface area contributed by atoms with E-state index in [1.54, 1.807) is 11.3 Å². The van der Waals surface area contributed by atoms with Crippen LogP contribution in [-0.4, -0.2) is 31.1 Å². The van der Waals surface area contributed by atoms with Crippen molar-refractivity contribution in [3.8, 4) is 0 Å². The van der Waals surface area contributed by atoms with Gasteiger partial charge in [-0.2, -0.15) is 0 Å². The second kappa shape index (κ2) is 11.1. The lowest BCUT2D eigenvalue weighted by Crippen LogP contribution is -2.38. The molecule has 0 aromatic carbocycles. The van der Waals surface area contributed by atoms with E-state index in [0.29, 0.717) is 0 Å². The summed E-state index contributed by atoms with van der Waals surface area (Å²) in [4.78, 5) is 12.0. The van der Waals surface area contributed by atoms with Gasteiger partial charge in [0.25, 0.3) is 0 Å². The number of rotatable bonds is 7. The van der Waals surface area contributed by atoms with E-state index in [1.807, 2.05) is 18.4 Å². The first-order chi connectivity index (χ1) is 11.8. The molecule has 0 radical (unpaired) electrons. The summed E-state index contributed by atoms with van der Waals surface area (Å²) in [5.74, 6) is 0.894. The summed E-state index contributed by atoms with van der Waals surface area (Å²) in [5.41, 5.74) is 1.38. The summed E-state index contributed by atoms with van der Waals surface area (Å²) >= 11 is 3.74. The smallest absolute Gasteiger partial charge is 0.190 e. The van der Waals surface area contributed by atoms with Crippen molar-refractivity contribution in [3.63, 3.8) is 0 Å². The summed E-state index contributed by atoms with van der Waals surface area (Å²) in [6.07, 6.45) is 8.28. The molecule has 1 aliphatic carbocycles. The number of hydrogen-bond donors (Lipinski definition) is 2. The van der Waals surface area contributed by atoms with E-state index in [2.05, 4.69) is 33.1 Å². The van der Waals surface area contributed by atoms with Crippen LogP contribution in [0.25, 0.3) is 0 Å². The molecular formula is C18H27IN4S2. The fraction of sp³-hybridized carbons (Fsp3) is 0.556. The third-order valence-corrected chi connectivity index (χ3v) is 6.37. The predicted molar refractivity (Wildman–Crippen MR) is 120 cm³/mol. The molecule has 4 nitrogen and oxygen atoms in total. The molecule has 0 saturated heterocycles. The van der Waals surface area contributed by atoms with Crippen molar-refractivity contribution < 1.29 is 0 Å². The third kappa shape index (κ3) is 6.53. The number of guanidine groups is 1. The third-order valence-electron chi connectivity index (χ3n) is 4.22. The average molecular weight is 490 g/mol. The maximum atomic E-state index is 4.81. The lowest BCUT2D eigenvalue weighted by Gasteiger charge is -2.11. The van der Waals surface area contributed by atoms with Crippen LogP contribution in [-0.2, 0) is 25.7 Å². The molecule has 2 heterocycles. The van der Waals surface area contributed by atoms with Crippen LogP contribution < -0.4 is 10.6 Å². The van der Waals surface area contributed by atoms with Crippen LogP contribution in [0.2, 0.25) is 0 Å². The topological polar surface area (TPSA) is 49.3 Å². The van der Waals surface area contributed by atoms with Gasteiger partial charge in [0.15, 0.2) is 5.96 Å². The molecule has 3 rings (SSSR count). The summed E-state index contributed by atoms with van der Waals surface area (Å²) in [6.45, 7) is 1.85. The summed E-state index contributed by atoms with van der Waals surface area (Å²) in [7, 11) is 1.83. The van der Waals surface area contributed by atoms with Crippen molar-refractivity contribution in [1.82, 2.24) is 15.6 Å². The van der Waals surface area contributed by atoms with Crippen LogP contribution in [0.4, 0.5) is 0 Å². The molecular weight excluding hydrogens is 463 g/mol. The standard InChI is InChI=1S/C18H26N4S2.HI/c1-19-18(21-12-10-14-6-5-13-23-14)20-11-4-9-17-22-15-7-2-3-8-16(15)24-17;/h5-6,13H,2-4,7-12H2,1H3,(H2,19,20,21);1H. The number of thiophene rings is 1. The second-order valence-electron chi connectivity index (χ2n) is 6.04. The van der Waals surface area contributed by atoms with Gasteiger partial charge in [-0.05, 0) is 50.0 Å². The molecule has 2 aromatic heterocycles. The lowest BCUT2D eigenvalue weighted by molar-refractivity contribution is 0.678. The van der Waals surface area contributed by atoms with Gasteiger partial charge >= 0.3 is 0 Å². The number of halogens is 1. The molecule has 7 heteroatoms. The minimum absolute atomic E-state index is 0. The number of nitrogens with zero attached hydrogens (tertiary/aromatic N) is 2. The number of thiazole rings is 1. The summed E-state index contributed by atoms with van der Waals surface area (Å²) in [6, 6.07) is 4.28. The molecule has 0 aliphatic heterocycles. The summed E-state index contributed by atoms with van der Waals surface area (Å²) in [5, 5.41) is 10.2. The van der Waals surface area contributed by atoms with Crippen LogP contribution in [0, 0.1) is 0 Å².